The second-order valence-corrected chi connectivity index (χ2v) is 8.04. The molecule has 0 saturated heterocycles. The van der Waals surface area contributed by atoms with E-state index in [0.717, 1.165) is 22.6 Å². The second-order valence-electron chi connectivity index (χ2n) is 7.19. The third kappa shape index (κ3) is 3.28. The van der Waals surface area contributed by atoms with Gasteiger partial charge in [0.05, 0.1) is 18.9 Å². The van der Waals surface area contributed by atoms with Crippen molar-refractivity contribution >= 4 is 28.9 Å². The van der Waals surface area contributed by atoms with E-state index >= 15 is 0 Å². The number of ether oxygens (including phenoxy) is 2. The van der Waals surface area contributed by atoms with Crippen LogP contribution in [0.25, 0.3) is 0 Å². The van der Waals surface area contributed by atoms with Crippen LogP contribution in [0.2, 0.25) is 10.0 Å². The Kier molecular flexibility index (Phi) is 4.80. The first kappa shape index (κ1) is 19.2. The second kappa shape index (κ2) is 7.49. The first-order chi connectivity index (χ1) is 14.5. The van der Waals surface area contributed by atoms with Crippen LogP contribution in [-0.2, 0) is 0 Å². The van der Waals surface area contributed by atoms with Crippen molar-refractivity contribution in [3.05, 3.63) is 93.2 Å². The average molecular weight is 443 g/mol. The van der Waals surface area contributed by atoms with Crippen LogP contribution in [0.5, 0.6) is 11.5 Å². The predicted molar refractivity (Wildman–Crippen MR) is 115 cm³/mol. The lowest BCUT2D eigenvalue weighted by Gasteiger charge is -2.38. The highest BCUT2D eigenvalue weighted by Crippen LogP contribution is 2.49. The predicted octanol–water partition coefficient (Wildman–Crippen LogP) is 6.38. The number of methoxy groups -OCH3 is 1. The molecular weight excluding hydrogens is 426 g/mol. The number of nitrogens with zero attached hydrogens (tertiary/aromatic N) is 2. The van der Waals surface area contributed by atoms with Gasteiger partial charge in [0.2, 0.25) is 6.23 Å². The monoisotopic (exact) mass is 442 g/mol. The van der Waals surface area contributed by atoms with Gasteiger partial charge < -0.3 is 9.47 Å². The first-order valence-corrected chi connectivity index (χ1v) is 10.2. The Morgan fingerprint density at radius 3 is 2.60 bits per heavy atom. The normalized spacial score (nSPS) is 19.6. The van der Waals surface area contributed by atoms with Crippen molar-refractivity contribution in [1.82, 2.24) is 5.01 Å². The van der Waals surface area contributed by atoms with Crippen LogP contribution in [0.1, 0.15) is 35.4 Å². The fraction of sp³-hybridized carbons (Fsp3) is 0.174. The number of benzene rings is 3. The molecule has 3 aromatic carbocycles. The van der Waals surface area contributed by atoms with Gasteiger partial charge in [0.25, 0.3) is 0 Å². The van der Waals surface area contributed by atoms with Gasteiger partial charge in [0, 0.05) is 27.6 Å². The number of rotatable bonds is 3. The molecule has 2 aliphatic rings. The van der Waals surface area contributed by atoms with Crippen LogP contribution in [-0.4, -0.2) is 17.8 Å². The standard InChI is InChI=1S/C23H17Cl2FN2O2/c1-29-16-6-2-13(3-7-16)20-12-21-18-10-14(24)4-9-22(18)30-23(28(21)27-20)17-11-15(26)5-8-19(17)25/h2-11,21,23H,12H2,1H3/t21-,23+/m0/s1. The van der Waals surface area contributed by atoms with E-state index in [-0.39, 0.29) is 11.9 Å². The minimum atomic E-state index is -0.650. The highest BCUT2D eigenvalue weighted by atomic mass is 35.5. The zero-order valence-corrected chi connectivity index (χ0v) is 17.5. The van der Waals surface area contributed by atoms with E-state index < -0.39 is 6.23 Å². The molecule has 0 spiro atoms. The summed E-state index contributed by atoms with van der Waals surface area (Å²) in [6, 6.07) is 17.4. The zero-order chi connectivity index (χ0) is 20.8. The molecule has 0 aliphatic carbocycles. The van der Waals surface area contributed by atoms with Crippen molar-refractivity contribution in [2.45, 2.75) is 18.7 Å². The Hall–Kier alpha value is -2.76. The maximum atomic E-state index is 14.0. The summed E-state index contributed by atoms with van der Waals surface area (Å²) in [5.41, 5.74) is 3.36. The molecule has 2 atom stereocenters. The van der Waals surface area contributed by atoms with Crippen LogP contribution >= 0.6 is 23.2 Å². The largest absolute Gasteiger partial charge is 0.497 e. The van der Waals surface area contributed by atoms with E-state index in [2.05, 4.69) is 0 Å². The van der Waals surface area contributed by atoms with Crippen LogP contribution in [0.4, 0.5) is 4.39 Å². The molecule has 0 aromatic heterocycles. The van der Waals surface area contributed by atoms with E-state index in [1.807, 2.05) is 41.4 Å². The van der Waals surface area contributed by atoms with E-state index in [4.69, 9.17) is 37.8 Å². The molecule has 5 rings (SSSR count). The van der Waals surface area contributed by atoms with E-state index in [1.54, 1.807) is 13.2 Å². The lowest BCUT2D eigenvalue weighted by molar-refractivity contribution is -0.0191. The Labute approximate surface area is 183 Å². The third-order valence-electron chi connectivity index (χ3n) is 5.40. The van der Waals surface area contributed by atoms with Gasteiger partial charge in [-0.15, -0.1) is 0 Å². The van der Waals surface area contributed by atoms with E-state index in [9.17, 15) is 4.39 Å². The van der Waals surface area contributed by atoms with Gasteiger partial charge in [-0.2, -0.15) is 5.10 Å². The number of hydrogen-bond acceptors (Lipinski definition) is 4. The molecule has 3 aromatic rings. The Bertz CT molecular complexity index is 1150. The highest BCUT2D eigenvalue weighted by molar-refractivity contribution is 6.31. The minimum Gasteiger partial charge on any atom is -0.497 e. The Morgan fingerprint density at radius 2 is 1.83 bits per heavy atom. The van der Waals surface area contributed by atoms with Crippen molar-refractivity contribution in [3.63, 3.8) is 0 Å². The maximum absolute atomic E-state index is 14.0. The van der Waals surface area contributed by atoms with Crippen LogP contribution in [0, 0.1) is 5.82 Å². The summed E-state index contributed by atoms with van der Waals surface area (Å²) in [6.07, 6.45) is 0.00884. The number of fused-ring (bicyclic) bond motifs is 3. The summed E-state index contributed by atoms with van der Waals surface area (Å²) in [4.78, 5) is 0. The van der Waals surface area contributed by atoms with Crippen molar-refractivity contribution in [1.29, 1.82) is 0 Å². The summed E-state index contributed by atoms with van der Waals surface area (Å²) in [6.45, 7) is 0. The molecule has 0 unspecified atom stereocenters. The molecule has 0 radical (unpaired) electrons. The van der Waals surface area contributed by atoms with Crippen LogP contribution in [0.15, 0.2) is 65.8 Å². The molecule has 2 heterocycles. The minimum absolute atomic E-state index is 0.103. The number of hydrazone groups is 1. The molecule has 152 valence electrons. The highest BCUT2D eigenvalue weighted by Gasteiger charge is 2.41. The van der Waals surface area contributed by atoms with Crippen molar-refractivity contribution < 1.29 is 13.9 Å². The molecular formula is C23H17Cl2FN2O2. The van der Waals surface area contributed by atoms with Crippen LogP contribution in [0.3, 0.4) is 0 Å². The molecule has 7 heteroatoms. The smallest absolute Gasteiger partial charge is 0.215 e. The zero-order valence-electron chi connectivity index (χ0n) is 16.0. The average Bonchev–Trinajstić information content (AvgIpc) is 3.21. The Balaban J connectivity index is 1.61. The van der Waals surface area contributed by atoms with Gasteiger partial charge in [0.15, 0.2) is 0 Å². The van der Waals surface area contributed by atoms with Gasteiger partial charge in [-0.05, 0) is 66.2 Å². The first-order valence-electron chi connectivity index (χ1n) is 9.45. The van der Waals surface area contributed by atoms with Gasteiger partial charge in [-0.1, -0.05) is 23.2 Å². The quantitative estimate of drug-likeness (QED) is 0.471. The van der Waals surface area contributed by atoms with Gasteiger partial charge in [0.1, 0.15) is 17.3 Å². The van der Waals surface area contributed by atoms with Crippen molar-refractivity contribution in [2.75, 3.05) is 7.11 Å². The lowest BCUT2D eigenvalue weighted by Crippen LogP contribution is -2.34. The lowest BCUT2D eigenvalue weighted by atomic mass is 9.96. The SMILES string of the molecule is COc1ccc(C2=NN3[C@@H](c4cc(F)ccc4Cl)Oc4ccc(Cl)cc4[C@@H]3C2)cc1. The molecule has 0 bridgehead atoms. The van der Waals surface area contributed by atoms with Gasteiger partial charge in [-0.25, -0.2) is 9.40 Å². The number of halogens is 3. The van der Waals surface area contributed by atoms with Gasteiger partial charge in [-0.3, -0.25) is 0 Å². The molecule has 0 amide bonds. The summed E-state index contributed by atoms with van der Waals surface area (Å²) >= 11 is 12.7. The van der Waals surface area contributed by atoms with Crippen molar-refractivity contribution in [2.24, 2.45) is 5.10 Å². The third-order valence-corrected chi connectivity index (χ3v) is 5.98. The Morgan fingerprint density at radius 1 is 1.03 bits per heavy atom. The maximum Gasteiger partial charge on any atom is 0.215 e. The van der Waals surface area contributed by atoms with Crippen molar-refractivity contribution in [3.8, 4) is 11.5 Å². The molecule has 0 N–H and O–H groups in total. The summed E-state index contributed by atoms with van der Waals surface area (Å²) in [7, 11) is 1.63. The molecule has 30 heavy (non-hydrogen) atoms. The number of hydrogen-bond donors (Lipinski definition) is 0. The molecule has 0 saturated carbocycles. The molecule has 2 aliphatic heterocycles. The fourth-order valence-electron chi connectivity index (χ4n) is 3.93. The van der Waals surface area contributed by atoms with E-state index in [1.165, 1.54) is 18.2 Å². The summed E-state index contributed by atoms with van der Waals surface area (Å²) < 4.78 is 25.5. The topological polar surface area (TPSA) is 34.1 Å². The fourth-order valence-corrected chi connectivity index (χ4v) is 4.32. The molecule has 4 nitrogen and oxygen atoms in total. The van der Waals surface area contributed by atoms with E-state index in [0.29, 0.717) is 27.8 Å². The van der Waals surface area contributed by atoms with Gasteiger partial charge >= 0.3 is 0 Å². The summed E-state index contributed by atoms with van der Waals surface area (Å²) in [5.74, 6) is 1.09. The summed E-state index contributed by atoms with van der Waals surface area (Å²) in [5, 5.41) is 7.74. The molecule has 0 fully saturated rings. The van der Waals surface area contributed by atoms with Crippen LogP contribution < -0.4 is 9.47 Å².